The summed E-state index contributed by atoms with van der Waals surface area (Å²) in [5, 5.41) is 9.54. The van der Waals surface area contributed by atoms with Crippen molar-refractivity contribution in [1.82, 2.24) is 9.97 Å². The number of ketones is 1. The number of methoxy groups -OCH3 is 1. The summed E-state index contributed by atoms with van der Waals surface area (Å²) in [4.78, 5) is 20.5. The highest BCUT2D eigenvalue weighted by atomic mass is 16.5. The molecular formula is C18H20N2O3. The van der Waals surface area contributed by atoms with Crippen LogP contribution in [0.2, 0.25) is 0 Å². The Labute approximate surface area is 135 Å². The van der Waals surface area contributed by atoms with E-state index in [9.17, 15) is 9.90 Å². The summed E-state index contributed by atoms with van der Waals surface area (Å²) in [6.45, 7) is 4.21. The number of hydrogen-bond donors (Lipinski definition) is 1. The van der Waals surface area contributed by atoms with Gasteiger partial charge in [0, 0.05) is 6.20 Å². The van der Waals surface area contributed by atoms with Gasteiger partial charge in [-0.05, 0) is 36.1 Å². The number of carbonyl (C=O) groups excluding carboxylic acids is 1. The molecule has 0 radical (unpaired) electrons. The van der Waals surface area contributed by atoms with E-state index in [4.69, 9.17) is 4.74 Å². The minimum atomic E-state index is -0.222. The van der Waals surface area contributed by atoms with Gasteiger partial charge in [-0.3, -0.25) is 9.78 Å². The first kappa shape index (κ1) is 16.7. The highest BCUT2D eigenvalue weighted by Crippen LogP contribution is 2.26. The lowest BCUT2D eigenvalue weighted by Crippen LogP contribution is -2.03. The zero-order valence-corrected chi connectivity index (χ0v) is 13.5. The molecule has 0 saturated carbocycles. The molecule has 2 aromatic rings. The molecule has 0 aliphatic carbocycles. The van der Waals surface area contributed by atoms with Crippen LogP contribution >= 0.6 is 0 Å². The van der Waals surface area contributed by atoms with Gasteiger partial charge in [-0.15, -0.1) is 0 Å². The van der Waals surface area contributed by atoms with Crippen LogP contribution in [0.5, 0.6) is 11.5 Å². The predicted octanol–water partition coefficient (Wildman–Crippen LogP) is 3.29. The van der Waals surface area contributed by atoms with Gasteiger partial charge < -0.3 is 9.84 Å². The Morgan fingerprint density at radius 2 is 2.09 bits per heavy atom. The number of phenolic OH excluding ortho intramolecular Hbond substituents is 1. The van der Waals surface area contributed by atoms with Crippen LogP contribution in [-0.4, -0.2) is 28.0 Å². The van der Waals surface area contributed by atoms with Gasteiger partial charge >= 0.3 is 0 Å². The number of phenols is 1. The van der Waals surface area contributed by atoms with Crippen LogP contribution in [0.15, 0.2) is 36.7 Å². The van der Waals surface area contributed by atoms with E-state index in [1.165, 1.54) is 25.4 Å². The zero-order valence-electron chi connectivity index (χ0n) is 13.5. The van der Waals surface area contributed by atoms with E-state index in [1.54, 1.807) is 24.4 Å². The van der Waals surface area contributed by atoms with Crippen molar-refractivity contribution < 1.29 is 14.6 Å². The lowest BCUT2D eigenvalue weighted by molar-refractivity contribution is 0.104. The molecule has 0 bridgehead atoms. The second kappa shape index (κ2) is 7.54. The molecule has 5 heteroatoms. The van der Waals surface area contributed by atoms with E-state index >= 15 is 0 Å². The van der Waals surface area contributed by atoms with Crippen molar-refractivity contribution >= 4 is 11.9 Å². The number of aromatic nitrogens is 2. The Morgan fingerprint density at radius 1 is 1.30 bits per heavy atom. The number of nitrogens with zero attached hydrogens (tertiary/aromatic N) is 2. The van der Waals surface area contributed by atoms with Gasteiger partial charge in [0.2, 0.25) is 5.78 Å². The molecule has 0 aliphatic rings. The standard InChI is InChI=1S/C18H20N2O3/c1-12(2)8-14-10-20-15(11-19-14)16(21)6-4-13-5-7-17(22)18(9-13)23-3/h4-7,9-12,22H,8H2,1-3H3/b6-4+. The number of aromatic hydroxyl groups is 1. The molecule has 1 heterocycles. The third kappa shape index (κ3) is 4.64. The summed E-state index contributed by atoms with van der Waals surface area (Å²) in [6.07, 6.45) is 7.06. The average Bonchev–Trinajstić information content (AvgIpc) is 2.54. The molecule has 0 saturated heterocycles. The highest BCUT2D eigenvalue weighted by molar-refractivity contribution is 6.05. The Balaban J connectivity index is 2.09. The number of ether oxygens (including phenoxy) is 1. The van der Waals surface area contributed by atoms with Gasteiger partial charge in [-0.1, -0.05) is 26.0 Å². The molecule has 0 aliphatic heterocycles. The topological polar surface area (TPSA) is 72.3 Å². The van der Waals surface area contributed by atoms with Crippen LogP contribution in [0.1, 0.15) is 35.6 Å². The Morgan fingerprint density at radius 3 is 2.70 bits per heavy atom. The summed E-state index contributed by atoms with van der Waals surface area (Å²) >= 11 is 0. The van der Waals surface area contributed by atoms with Crippen LogP contribution in [-0.2, 0) is 6.42 Å². The molecule has 1 aromatic heterocycles. The van der Waals surface area contributed by atoms with Crippen molar-refractivity contribution in [3.8, 4) is 11.5 Å². The maximum atomic E-state index is 12.1. The summed E-state index contributed by atoms with van der Waals surface area (Å²) in [5.74, 6) is 0.691. The average molecular weight is 312 g/mol. The molecule has 23 heavy (non-hydrogen) atoms. The van der Waals surface area contributed by atoms with Crippen molar-refractivity contribution in [1.29, 1.82) is 0 Å². The summed E-state index contributed by atoms with van der Waals surface area (Å²) < 4.78 is 5.03. The Kier molecular flexibility index (Phi) is 5.46. The maximum Gasteiger partial charge on any atom is 0.205 e. The van der Waals surface area contributed by atoms with E-state index in [0.717, 1.165) is 17.7 Å². The molecule has 5 nitrogen and oxygen atoms in total. The third-order valence-electron chi connectivity index (χ3n) is 3.21. The predicted molar refractivity (Wildman–Crippen MR) is 88.6 cm³/mol. The molecule has 0 amide bonds. The first-order valence-corrected chi connectivity index (χ1v) is 7.40. The highest BCUT2D eigenvalue weighted by Gasteiger charge is 2.06. The second-order valence-electron chi connectivity index (χ2n) is 5.62. The van der Waals surface area contributed by atoms with Crippen molar-refractivity contribution in [3.05, 3.63) is 53.6 Å². The zero-order chi connectivity index (χ0) is 16.8. The summed E-state index contributed by atoms with van der Waals surface area (Å²) in [7, 11) is 1.47. The molecule has 0 spiro atoms. The SMILES string of the molecule is COc1cc(/C=C/C(=O)c2cnc(CC(C)C)cn2)ccc1O. The van der Waals surface area contributed by atoms with Gasteiger partial charge in [0.25, 0.3) is 0 Å². The largest absolute Gasteiger partial charge is 0.504 e. The fourth-order valence-corrected chi connectivity index (χ4v) is 2.06. The smallest absolute Gasteiger partial charge is 0.205 e. The van der Waals surface area contributed by atoms with Crippen LogP contribution < -0.4 is 4.74 Å². The van der Waals surface area contributed by atoms with E-state index in [-0.39, 0.29) is 11.5 Å². The molecule has 1 aromatic carbocycles. The van der Waals surface area contributed by atoms with E-state index in [1.807, 2.05) is 0 Å². The van der Waals surface area contributed by atoms with Crippen molar-refractivity contribution in [3.63, 3.8) is 0 Å². The number of hydrogen-bond acceptors (Lipinski definition) is 5. The lowest BCUT2D eigenvalue weighted by Gasteiger charge is -2.04. The van der Waals surface area contributed by atoms with E-state index in [0.29, 0.717) is 17.4 Å². The number of carbonyl (C=O) groups is 1. The molecule has 2 rings (SSSR count). The third-order valence-corrected chi connectivity index (χ3v) is 3.21. The molecule has 0 atom stereocenters. The van der Waals surface area contributed by atoms with Gasteiger partial charge in [0.15, 0.2) is 11.5 Å². The fourth-order valence-electron chi connectivity index (χ4n) is 2.06. The number of allylic oxidation sites excluding steroid dienone is 1. The normalized spacial score (nSPS) is 11.1. The van der Waals surface area contributed by atoms with Crippen molar-refractivity contribution in [2.24, 2.45) is 5.92 Å². The minimum absolute atomic E-state index is 0.0579. The van der Waals surface area contributed by atoms with Gasteiger partial charge in [0.05, 0.1) is 19.0 Å². The van der Waals surface area contributed by atoms with Crippen LogP contribution in [0.25, 0.3) is 6.08 Å². The van der Waals surface area contributed by atoms with Gasteiger partial charge in [-0.2, -0.15) is 0 Å². The first-order valence-electron chi connectivity index (χ1n) is 7.40. The summed E-state index contributed by atoms with van der Waals surface area (Å²) in [6, 6.07) is 4.86. The minimum Gasteiger partial charge on any atom is -0.504 e. The monoisotopic (exact) mass is 312 g/mol. The molecule has 0 fully saturated rings. The molecule has 1 N–H and O–H groups in total. The first-order chi connectivity index (χ1) is 11.0. The molecular weight excluding hydrogens is 292 g/mol. The number of rotatable bonds is 6. The van der Waals surface area contributed by atoms with Crippen LogP contribution in [0.4, 0.5) is 0 Å². The lowest BCUT2D eigenvalue weighted by atomic mass is 10.1. The quantitative estimate of drug-likeness (QED) is 0.654. The summed E-state index contributed by atoms with van der Waals surface area (Å²) in [5.41, 5.74) is 1.93. The Hall–Kier alpha value is -2.69. The second-order valence-corrected chi connectivity index (χ2v) is 5.62. The van der Waals surface area contributed by atoms with Crippen LogP contribution in [0.3, 0.4) is 0 Å². The van der Waals surface area contributed by atoms with E-state index in [2.05, 4.69) is 23.8 Å². The fraction of sp³-hybridized carbons (Fsp3) is 0.278. The van der Waals surface area contributed by atoms with Crippen molar-refractivity contribution in [2.45, 2.75) is 20.3 Å². The van der Waals surface area contributed by atoms with Crippen LogP contribution in [0, 0.1) is 5.92 Å². The molecule has 120 valence electrons. The van der Waals surface area contributed by atoms with Gasteiger partial charge in [0.1, 0.15) is 5.69 Å². The molecule has 0 unspecified atom stereocenters. The van der Waals surface area contributed by atoms with E-state index < -0.39 is 0 Å². The number of benzene rings is 1. The maximum absolute atomic E-state index is 12.1. The van der Waals surface area contributed by atoms with Crippen molar-refractivity contribution in [2.75, 3.05) is 7.11 Å². The Bertz CT molecular complexity index is 707. The van der Waals surface area contributed by atoms with Gasteiger partial charge in [-0.25, -0.2) is 4.98 Å².